The standard InChI is InChI=1S/C10H15N3/c1-13-10-3-7-2-8(5-11-4-7)9(10)6-12-13/h6-8,11H,2-5H2,1H3. The third kappa shape index (κ3) is 1.03. The van der Waals surface area contributed by atoms with Gasteiger partial charge in [-0.25, -0.2) is 0 Å². The molecule has 2 aliphatic rings. The van der Waals surface area contributed by atoms with Gasteiger partial charge >= 0.3 is 0 Å². The summed E-state index contributed by atoms with van der Waals surface area (Å²) < 4.78 is 2.06. The molecule has 0 amide bonds. The van der Waals surface area contributed by atoms with Crippen molar-refractivity contribution in [1.29, 1.82) is 0 Å². The van der Waals surface area contributed by atoms with Crippen LogP contribution in [0.15, 0.2) is 6.20 Å². The molecule has 1 N–H and O–H groups in total. The zero-order chi connectivity index (χ0) is 8.84. The van der Waals surface area contributed by atoms with Crippen LogP contribution in [0.5, 0.6) is 0 Å². The molecule has 13 heavy (non-hydrogen) atoms. The summed E-state index contributed by atoms with van der Waals surface area (Å²) in [4.78, 5) is 0. The Bertz CT molecular complexity index is 329. The van der Waals surface area contributed by atoms with Gasteiger partial charge in [0.25, 0.3) is 0 Å². The van der Waals surface area contributed by atoms with E-state index in [1.165, 1.54) is 30.6 Å². The van der Waals surface area contributed by atoms with Crippen LogP contribution in [0.1, 0.15) is 23.6 Å². The highest BCUT2D eigenvalue weighted by atomic mass is 15.3. The molecule has 3 heteroatoms. The Balaban J connectivity index is 2.07. The van der Waals surface area contributed by atoms with Crippen molar-refractivity contribution in [1.82, 2.24) is 15.1 Å². The zero-order valence-electron chi connectivity index (χ0n) is 7.95. The van der Waals surface area contributed by atoms with Crippen molar-refractivity contribution in [3.8, 4) is 0 Å². The van der Waals surface area contributed by atoms with Crippen molar-refractivity contribution in [2.24, 2.45) is 13.0 Å². The lowest BCUT2D eigenvalue weighted by atomic mass is 9.77. The van der Waals surface area contributed by atoms with Gasteiger partial charge in [-0.3, -0.25) is 4.68 Å². The van der Waals surface area contributed by atoms with Crippen LogP contribution in [0, 0.1) is 5.92 Å². The minimum atomic E-state index is 0.733. The molecule has 1 fully saturated rings. The predicted molar refractivity (Wildman–Crippen MR) is 50.6 cm³/mol. The van der Waals surface area contributed by atoms with Gasteiger partial charge in [0, 0.05) is 25.2 Å². The van der Waals surface area contributed by atoms with Gasteiger partial charge in [0.2, 0.25) is 0 Å². The van der Waals surface area contributed by atoms with Gasteiger partial charge in [0.05, 0.1) is 6.20 Å². The molecule has 0 aromatic carbocycles. The molecule has 0 radical (unpaired) electrons. The van der Waals surface area contributed by atoms with Crippen molar-refractivity contribution in [2.45, 2.75) is 18.8 Å². The molecular weight excluding hydrogens is 162 g/mol. The second-order valence-electron chi connectivity index (χ2n) is 4.33. The largest absolute Gasteiger partial charge is 0.316 e. The first-order chi connectivity index (χ1) is 6.34. The van der Waals surface area contributed by atoms with Crippen LogP contribution in [0.2, 0.25) is 0 Å². The fraction of sp³-hybridized carbons (Fsp3) is 0.700. The quantitative estimate of drug-likeness (QED) is 0.631. The van der Waals surface area contributed by atoms with Crippen molar-refractivity contribution in [3.05, 3.63) is 17.5 Å². The summed E-state index contributed by atoms with van der Waals surface area (Å²) in [5.41, 5.74) is 2.97. The molecule has 2 bridgehead atoms. The molecule has 3 rings (SSSR count). The molecule has 1 aromatic heterocycles. The molecule has 0 saturated carbocycles. The van der Waals surface area contributed by atoms with Gasteiger partial charge in [-0.15, -0.1) is 0 Å². The number of nitrogens with one attached hydrogen (secondary N) is 1. The monoisotopic (exact) mass is 177 g/mol. The molecule has 2 atom stereocenters. The lowest BCUT2D eigenvalue weighted by Gasteiger charge is -2.34. The van der Waals surface area contributed by atoms with Gasteiger partial charge in [-0.2, -0.15) is 5.10 Å². The van der Waals surface area contributed by atoms with Crippen molar-refractivity contribution < 1.29 is 0 Å². The molecule has 1 aliphatic heterocycles. The maximum absolute atomic E-state index is 4.35. The van der Waals surface area contributed by atoms with Crippen LogP contribution in [0.4, 0.5) is 0 Å². The summed E-state index contributed by atoms with van der Waals surface area (Å²) in [6.45, 7) is 2.34. The lowest BCUT2D eigenvalue weighted by molar-refractivity contribution is 0.312. The van der Waals surface area contributed by atoms with E-state index >= 15 is 0 Å². The van der Waals surface area contributed by atoms with E-state index < -0.39 is 0 Å². The highest BCUT2D eigenvalue weighted by Gasteiger charge is 2.32. The van der Waals surface area contributed by atoms with Gasteiger partial charge in [-0.1, -0.05) is 0 Å². The Morgan fingerprint density at radius 2 is 2.46 bits per heavy atom. The van der Waals surface area contributed by atoms with Crippen molar-refractivity contribution >= 4 is 0 Å². The molecule has 70 valence electrons. The van der Waals surface area contributed by atoms with Crippen LogP contribution >= 0.6 is 0 Å². The first-order valence-corrected chi connectivity index (χ1v) is 5.06. The fourth-order valence-electron chi connectivity index (χ4n) is 2.77. The van der Waals surface area contributed by atoms with Crippen LogP contribution < -0.4 is 5.32 Å². The van der Waals surface area contributed by atoms with Crippen LogP contribution in [0.25, 0.3) is 0 Å². The fourth-order valence-corrected chi connectivity index (χ4v) is 2.77. The Labute approximate surface area is 78.1 Å². The topological polar surface area (TPSA) is 29.9 Å². The van der Waals surface area contributed by atoms with E-state index in [0.717, 1.165) is 18.4 Å². The first kappa shape index (κ1) is 7.56. The summed E-state index contributed by atoms with van der Waals surface area (Å²) in [7, 11) is 2.06. The molecule has 3 nitrogen and oxygen atoms in total. The molecular formula is C10H15N3. The number of hydrogen-bond donors (Lipinski definition) is 1. The number of aromatic nitrogens is 2. The average Bonchev–Trinajstić information content (AvgIpc) is 2.49. The Hall–Kier alpha value is -0.830. The summed E-state index contributed by atoms with van der Waals surface area (Å²) in [6.07, 6.45) is 4.64. The molecule has 1 aliphatic carbocycles. The average molecular weight is 177 g/mol. The molecule has 1 aromatic rings. The number of piperidine rings is 1. The van der Waals surface area contributed by atoms with Crippen LogP contribution in [-0.4, -0.2) is 22.9 Å². The SMILES string of the molecule is Cn1ncc2c1CC1CNCC2C1. The lowest BCUT2D eigenvalue weighted by Crippen LogP contribution is -2.39. The van der Waals surface area contributed by atoms with E-state index in [2.05, 4.69) is 28.3 Å². The maximum Gasteiger partial charge on any atom is 0.0527 e. The number of nitrogens with zero attached hydrogens (tertiary/aromatic N) is 2. The first-order valence-electron chi connectivity index (χ1n) is 5.06. The number of fused-ring (bicyclic) bond motifs is 4. The van der Waals surface area contributed by atoms with Crippen LogP contribution in [0.3, 0.4) is 0 Å². The Morgan fingerprint density at radius 3 is 3.38 bits per heavy atom. The summed E-state index contributed by atoms with van der Waals surface area (Å²) in [5.74, 6) is 1.58. The number of aryl methyl sites for hydroxylation is 1. The predicted octanol–water partition coefficient (Wildman–Crippen LogP) is 0.669. The number of rotatable bonds is 0. The summed E-state index contributed by atoms with van der Waals surface area (Å²) >= 11 is 0. The number of hydrogen-bond acceptors (Lipinski definition) is 2. The highest BCUT2D eigenvalue weighted by molar-refractivity contribution is 5.27. The normalized spacial score (nSPS) is 31.5. The summed E-state index contributed by atoms with van der Waals surface area (Å²) in [6, 6.07) is 0. The van der Waals surface area contributed by atoms with Crippen molar-refractivity contribution in [2.75, 3.05) is 13.1 Å². The smallest absolute Gasteiger partial charge is 0.0527 e. The van der Waals surface area contributed by atoms with Gasteiger partial charge < -0.3 is 5.32 Å². The molecule has 0 spiro atoms. The van der Waals surface area contributed by atoms with Gasteiger partial charge in [0.1, 0.15) is 0 Å². The van der Waals surface area contributed by atoms with E-state index in [1.54, 1.807) is 0 Å². The third-order valence-corrected chi connectivity index (χ3v) is 3.46. The van der Waals surface area contributed by atoms with E-state index in [9.17, 15) is 0 Å². The van der Waals surface area contributed by atoms with E-state index in [4.69, 9.17) is 0 Å². The minimum Gasteiger partial charge on any atom is -0.316 e. The van der Waals surface area contributed by atoms with Crippen molar-refractivity contribution in [3.63, 3.8) is 0 Å². The Kier molecular flexibility index (Phi) is 1.50. The molecule has 2 heterocycles. The van der Waals surface area contributed by atoms with Gasteiger partial charge in [0.15, 0.2) is 0 Å². The second-order valence-corrected chi connectivity index (χ2v) is 4.33. The van der Waals surface area contributed by atoms with E-state index in [1.807, 2.05) is 0 Å². The third-order valence-electron chi connectivity index (χ3n) is 3.46. The molecule has 2 unspecified atom stereocenters. The zero-order valence-corrected chi connectivity index (χ0v) is 7.95. The maximum atomic E-state index is 4.35. The summed E-state index contributed by atoms with van der Waals surface area (Å²) in [5, 5.41) is 7.85. The van der Waals surface area contributed by atoms with E-state index in [0.29, 0.717) is 0 Å². The van der Waals surface area contributed by atoms with Crippen LogP contribution in [-0.2, 0) is 13.5 Å². The Morgan fingerprint density at radius 1 is 1.54 bits per heavy atom. The van der Waals surface area contributed by atoms with Gasteiger partial charge in [-0.05, 0) is 30.9 Å². The minimum absolute atomic E-state index is 0.733. The highest BCUT2D eigenvalue weighted by Crippen LogP contribution is 2.35. The molecule has 1 saturated heterocycles. The van der Waals surface area contributed by atoms with E-state index in [-0.39, 0.29) is 0 Å². The second kappa shape index (κ2) is 2.58.